The number of rotatable bonds is 3. The van der Waals surface area contributed by atoms with Gasteiger partial charge < -0.3 is 15.0 Å². The molecule has 0 aliphatic carbocycles. The molecule has 0 bridgehead atoms. The van der Waals surface area contributed by atoms with Gasteiger partial charge >= 0.3 is 6.03 Å². The van der Waals surface area contributed by atoms with Gasteiger partial charge in [0.1, 0.15) is 0 Å². The van der Waals surface area contributed by atoms with Crippen LogP contribution in [0.4, 0.5) is 10.5 Å². The molecule has 1 aromatic carbocycles. The first-order chi connectivity index (χ1) is 9.06. The number of hydrogen-bond acceptors (Lipinski definition) is 2. The quantitative estimate of drug-likeness (QED) is 0.925. The van der Waals surface area contributed by atoms with Crippen LogP contribution in [0.5, 0.6) is 0 Å². The van der Waals surface area contributed by atoms with Crippen molar-refractivity contribution in [3.05, 3.63) is 28.8 Å². The van der Waals surface area contributed by atoms with E-state index in [0.717, 1.165) is 37.4 Å². The van der Waals surface area contributed by atoms with E-state index in [2.05, 4.69) is 5.32 Å². The van der Waals surface area contributed by atoms with E-state index in [9.17, 15) is 4.79 Å². The highest BCUT2D eigenvalue weighted by Crippen LogP contribution is 2.20. The highest BCUT2D eigenvalue weighted by atomic mass is 35.5. The van der Waals surface area contributed by atoms with E-state index in [-0.39, 0.29) is 6.03 Å². The molecule has 1 atom stereocenters. The molecule has 1 aliphatic heterocycles. The highest BCUT2D eigenvalue weighted by molar-refractivity contribution is 6.30. The predicted octanol–water partition coefficient (Wildman–Crippen LogP) is 3.15. The number of carbonyl (C=O) groups is 1. The van der Waals surface area contributed by atoms with Crippen LogP contribution in [0, 0.1) is 12.8 Å². The minimum Gasteiger partial charge on any atom is -0.381 e. The second kappa shape index (κ2) is 6.26. The van der Waals surface area contributed by atoms with Gasteiger partial charge in [0.15, 0.2) is 0 Å². The third-order valence-electron chi connectivity index (χ3n) is 3.33. The van der Waals surface area contributed by atoms with Crippen molar-refractivity contribution in [2.45, 2.75) is 13.3 Å². The molecule has 1 saturated heterocycles. The van der Waals surface area contributed by atoms with E-state index in [1.54, 1.807) is 18.0 Å². The number of nitrogens with one attached hydrogen (secondary N) is 1. The standard InChI is InChI=1S/C14H19ClN2O2/c1-10-7-12(15)3-4-13(10)16-14(18)17(2)8-11-5-6-19-9-11/h3-4,7,11H,5-6,8-9H2,1-2H3,(H,16,18). The molecule has 1 heterocycles. The summed E-state index contributed by atoms with van der Waals surface area (Å²) in [7, 11) is 1.80. The molecule has 0 spiro atoms. The molecular formula is C14H19ClN2O2. The second-order valence-electron chi connectivity index (χ2n) is 5.00. The Balaban J connectivity index is 1.92. The number of ether oxygens (including phenoxy) is 1. The van der Waals surface area contributed by atoms with Crippen molar-refractivity contribution in [2.24, 2.45) is 5.92 Å². The molecule has 1 unspecified atom stereocenters. The number of halogens is 1. The Bertz CT molecular complexity index is 459. The predicted molar refractivity (Wildman–Crippen MR) is 76.8 cm³/mol. The molecule has 104 valence electrons. The van der Waals surface area contributed by atoms with Crippen LogP contribution in [-0.2, 0) is 4.74 Å². The number of carbonyl (C=O) groups excluding carboxylic acids is 1. The Morgan fingerprint density at radius 2 is 2.37 bits per heavy atom. The van der Waals surface area contributed by atoms with Gasteiger partial charge in [-0.05, 0) is 37.1 Å². The summed E-state index contributed by atoms with van der Waals surface area (Å²) in [5, 5.41) is 3.57. The molecule has 0 saturated carbocycles. The lowest BCUT2D eigenvalue weighted by Crippen LogP contribution is -2.35. The maximum atomic E-state index is 12.1. The first-order valence-corrected chi connectivity index (χ1v) is 6.80. The Morgan fingerprint density at radius 1 is 1.58 bits per heavy atom. The molecule has 1 aliphatic rings. The summed E-state index contributed by atoms with van der Waals surface area (Å²) in [4.78, 5) is 13.8. The van der Waals surface area contributed by atoms with Crippen molar-refractivity contribution in [1.29, 1.82) is 0 Å². The molecule has 2 rings (SSSR count). The monoisotopic (exact) mass is 282 g/mol. The van der Waals surface area contributed by atoms with Gasteiger partial charge in [-0.3, -0.25) is 0 Å². The van der Waals surface area contributed by atoms with Gasteiger partial charge in [0.2, 0.25) is 0 Å². The molecular weight excluding hydrogens is 264 g/mol. The van der Waals surface area contributed by atoms with Gasteiger partial charge in [-0.25, -0.2) is 4.79 Å². The topological polar surface area (TPSA) is 41.6 Å². The van der Waals surface area contributed by atoms with E-state index in [4.69, 9.17) is 16.3 Å². The lowest BCUT2D eigenvalue weighted by Gasteiger charge is -2.21. The number of amides is 2. The summed E-state index contributed by atoms with van der Waals surface area (Å²) in [5.74, 6) is 0.446. The fourth-order valence-electron chi connectivity index (χ4n) is 2.18. The lowest BCUT2D eigenvalue weighted by atomic mass is 10.1. The fourth-order valence-corrected chi connectivity index (χ4v) is 2.40. The first-order valence-electron chi connectivity index (χ1n) is 6.42. The van der Waals surface area contributed by atoms with Crippen LogP contribution < -0.4 is 5.32 Å². The molecule has 5 heteroatoms. The zero-order chi connectivity index (χ0) is 13.8. The number of urea groups is 1. The summed E-state index contributed by atoms with van der Waals surface area (Å²) < 4.78 is 5.32. The Kier molecular flexibility index (Phi) is 4.66. The molecule has 0 aromatic heterocycles. The second-order valence-corrected chi connectivity index (χ2v) is 5.44. The zero-order valence-corrected chi connectivity index (χ0v) is 12.0. The molecule has 1 aromatic rings. The van der Waals surface area contributed by atoms with Crippen LogP contribution in [0.25, 0.3) is 0 Å². The van der Waals surface area contributed by atoms with Gasteiger partial charge in [-0.2, -0.15) is 0 Å². The van der Waals surface area contributed by atoms with E-state index in [1.165, 1.54) is 0 Å². The molecule has 2 amide bonds. The molecule has 1 fully saturated rings. The van der Waals surface area contributed by atoms with E-state index in [1.807, 2.05) is 19.1 Å². The molecule has 1 N–H and O–H groups in total. The summed E-state index contributed by atoms with van der Waals surface area (Å²) in [6.45, 7) is 4.19. The summed E-state index contributed by atoms with van der Waals surface area (Å²) in [6, 6.07) is 5.33. The number of benzene rings is 1. The van der Waals surface area contributed by atoms with Crippen LogP contribution in [0.3, 0.4) is 0 Å². The highest BCUT2D eigenvalue weighted by Gasteiger charge is 2.20. The van der Waals surface area contributed by atoms with Crippen molar-refractivity contribution in [1.82, 2.24) is 4.90 Å². The normalized spacial score (nSPS) is 18.4. The van der Waals surface area contributed by atoms with Crippen molar-refractivity contribution in [3.8, 4) is 0 Å². The van der Waals surface area contributed by atoms with Crippen molar-refractivity contribution in [2.75, 3.05) is 32.1 Å². The minimum atomic E-state index is -0.0997. The van der Waals surface area contributed by atoms with Gasteiger partial charge in [0.25, 0.3) is 0 Å². The molecule has 0 radical (unpaired) electrons. The Labute approximate surface area is 118 Å². The van der Waals surface area contributed by atoms with Gasteiger partial charge in [0.05, 0.1) is 6.61 Å². The maximum Gasteiger partial charge on any atom is 0.321 e. The summed E-state index contributed by atoms with van der Waals surface area (Å²) in [6.07, 6.45) is 1.03. The van der Waals surface area contributed by atoms with Crippen molar-refractivity contribution in [3.63, 3.8) is 0 Å². The van der Waals surface area contributed by atoms with Crippen LogP contribution in [0.1, 0.15) is 12.0 Å². The lowest BCUT2D eigenvalue weighted by molar-refractivity contribution is 0.175. The van der Waals surface area contributed by atoms with Crippen LogP contribution >= 0.6 is 11.6 Å². The average molecular weight is 283 g/mol. The third kappa shape index (κ3) is 3.85. The van der Waals surface area contributed by atoms with Crippen molar-refractivity contribution >= 4 is 23.3 Å². The number of anilines is 1. The first kappa shape index (κ1) is 14.2. The Hall–Kier alpha value is -1.26. The van der Waals surface area contributed by atoms with Crippen molar-refractivity contribution < 1.29 is 9.53 Å². The average Bonchev–Trinajstić information content (AvgIpc) is 2.85. The van der Waals surface area contributed by atoms with Crippen LogP contribution in [-0.4, -0.2) is 37.7 Å². The van der Waals surface area contributed by atoms with E-state index >= 15 is 0 Å². The van der Waals surface area contributed by atoms with E-state index in [0.29, 0.717) is 10.9 Å². The summed E-state index contributed by atoms with van der Waals surface area (Å²) >= 11 is 5.89. The van der Waals surface area contributed by atoms with Gasteiger partial charge in [0, 0.05) is 36.8 Å². The molecule has 19 heavy (non-hydrogen) atoms. The third-order valence-corrected chi connectivity index (χ3v) is 3.57. The smallest absolute Gasteiger partial charge is 0.321 e. The van der Waals surface area contributed by atoms with Crippen LogP contribution in [0.2, 0.25) is 5.02 Å². The number of hydrogen-bond donors (Lipinski definition) is 1. The summed E-state index contributed by atoms with van der Waals surface area (Å²) in [5.41, 5.74) is 1.75. The van der Waals surface area contributed by atoms with Gasteiger partial charge in [-0.1, -0.05) is 11.6 Å². The fraction of sp³-hybridized carbons (Fsp3) is 0.500. The zero-order valence-electron chi connectivity index (χ0n) is 11.3. The maximum absolute atomic E-state index is 12.1. The van der Waals surface area contributed by atoms with Crippen LogP contribution in [0.15, 0.2) is 18.2 Å². The minimum absolute atomic E-state index is 0.0997. The molecule has 4 nitrogen and oxygen atoms in total. The number of nitrogens with zero attached hydrogens (tertiary/aromatic N) is 1. The SMILES string of the molecule is Cc1cc(Cl)ccc1NC(=O)N(C)CC1CCOC1. The van der Waals surface area contributed by atoms with Gasteiger partial charge in [-0.15, -0.1) is 0 Å². The number of aryl methyl sites for hydroxylation is 1. The Morgan fingerprint density at radius 3 is 3.00 bits per heavy atom. The van der Waals surface area contributed by atoms with E-state index < -0.39 is 0 Å². The largest absolute Gasteiger partial charge is 0.381 e.